The maximum atomic E-state index is 12.0. The SMILES string of the molecule is CCCn1ncc(NC(C)C(=O)N(C)CC)c(Br)c1=O. The topological polar surface area (TPSA) is 67.2 Å². The molecule has 0 aliphatic carbocycles. The predicted molar refractivity (Wildman–Crippen MR) is 82.9 cm³/mol. The van der Waals surface area contributed by atoms with Crippen LogP contribution in [0.15, 0.2) is 15.5 Å². The molecule has 0 aliphatic rings. The van der Waals surface area contributed by atoms with Gasteiger partial charge in [0.05, 0.1) is 11.9 Å². The van der Waals surface area contributed by atoms with E-state index in [1.54, 1.807) is 25.1 Å². The molecule has 1 heterocycles. The minimum absolute atomic E-state index is 0.0304. The second-order valence-corrected chi connectivity index (χ2v) is 5.41. The quantitative estimate of drug-likeness (QED) is 0.852. The molecule has 0 saturated carbocycles. The van der Waals surface area contributed by atoms with Crippen LogP contribution in [-0.4, -0.2) is 40.2 Å². The van der Waals surface area contributed by atoms with Gasteiger partial charge in [0, 0.05) is 20.1 Å². The first-order chi connectivity index (χ1) is 9.42. The smallest absolute Gasteiger partial charge is 0.283 e. The fourth-order valence-corrected chi connectivity index (χ4v) is 2.14. The van der Waals surface area contributed by atoms with Gasteiger partial charge in [-0.2, -0.15) is 5.10 Å². The van der Waals surface area contributed by atoms with Gasteiger partial charge in [-0.15, -0.1) is 0 Å². The number of hydrogen-bond donors (Lipinski definition) is 1. The second kappa shape index (κ2) is 7.42. The number of anilines is 1. The van der Waals surface area contributed by atoms with Gasteiger partial charge in [0.1, 0.15) is 10.5 Å². The lowest BCUT2D eigenvalue weighted by molar-refractivity contribution is -0.130. The first kappa shape index (κ1) is 16.7. The molecule has 6 nitrogen and oxygen atoms in total. The normalized spacial score (nSPS) is 12.1. The van der Waals surface area contributed by atoms with Crippen molar-refractivity contribution in [1.29, 1.82) is 0 Å². The van der Waals surface area contributed by atoms with Gasteiger partial charge in [0.25, 0.3) is 5.56 Å². The Kier molecular flexibility index (Phi) is 6.19. The Morgan fingerprint density at radius 2 is 2.20 bits per heavy atom. The maximum absolute atomic E-state index is 12.0. The Balaban J connectivity index is 2.91. The third-order valence-corrected chi connectivity index (χ3v) is 3.78. The number of carbonyl (C=O) groups is 1. The van der Waals surface area contributed by atoms with Crippen LogP contribution in [0.3, 0.4) is 0 Å². The van der Waals surface area contributed by atoms with E-state index >= 15 is 0 Å². The van der Waals surface area contributed by atoms with Gasteiger partial charge in [-0.1, -0.05) is 6.92 Å². The summed E-state index contributed by atoms with van der Waals surface area (Å²) in [6, 6.07) is -0.417. The Labute approximate surface area is 127 Å². The summed E-state index contributed by atoms with van der Waals surface area (Å²) in [7, 11) is 1.74. The molecule has 0 fully saturated rings. The summed E-state index contributed by atoms with van der Waals surface area (Å²) in [5.41, 5.74) is 0.341. The molecule has 1 unspecified atom stereocenters. The molecule has 0 aromatic carbocycles. The second-order valence-electron chi connectivity index (χ2n) is 4.62. The molecule has 0 radical (unpaired) electrons. The number of nitrogens with zero attached hydrogens (tertiary/aromatic N) is 3. The van der Waals surface area contributed by atoms with Crippen molar-refractivity contribution in [2.75, 3.05) is 18.9 Å². The third-order valence-electron chi connectivity index (χ3n) is 3.01. The molecule has 7 heteroatoms. The van der Waals surface area contributed by atoms with Crippen molar-refractivity contribution in [3.63, 3.8) is 0 Å². The van der Waals surface area contributed by atoms with Gasteiger partial charge in [-0.05, 0) is 36.2 Å². The Hall–Kier alpha value is -1.37. The minimum Gasteiger partial charge on any atom is -0.372 e. The molecule has 1 N–H and O–H groups in total. The van der Waals surface area contributed by atoms with E-state index in [2.05, 4.69) is 26.3 Å². The molecule has 20 heavy (non-hydrogen) atoms. The summed E-state index contributed by atoms with van der Waals surface area (Å²) in [5.74, 6) is -0.0304. The van der Waals surface area contributed by atoms with Crippen LogP contribution in [0, 0.1) is 0 Å². The van der Waals surface area contributed by atoms with E-state index in [1.165, 1.54) is 4.68 Å². The van der Waals surface area contributed by atoms with Crippen molar-refractivity contribution in [2.24, 2.45) is 0 Å². The van der Waals surface area contributed by atoms with Crippen molar-refractivity contribution in [3.8, 4) is 0 Å². The van der Waals surface area contributed by atoms with Crippen LogP contribution in [0.2, 0.25) is 0 Å². The van der Waals surface area contributed by atoms with Crippen molar-refractivity contribution < 1.29 is 4.79 Å². The fraction of sp³-hybridized carbons (Fsp3) is 0.615. The first-order valence-corrected chi connectivity index (χ1v) is 7.48. The van der Waals surface area contributed by atoms with Gasteiger partial charge in [-0.25, -0.2) is 4.68 Å². The summed E-state index contributed by atoms with van der Waals surface area (Å²) < 4.78 is 1.81. The van der Waals surface area contributed by atoms with Gasteiger partial charge in [-0.3, -0.25) is 9.59 Å². The van der Waals surface area contributed by atoms with Gasteiger partial charge >= 0.3 is 0 Å². The summed E-state index contributed by atoms with van der Waals surface area (Å²) >= 11 is 3.27. The molecule has 0 saturated heterocycles. The number of nitrogens with one attached hydrogen (secondary N) is 1. The number of amides is 1. The number of aryl methyl sites for hydroxylation is 1. The lowest BCUT2D eigenvalue weighted by Crippen LogP contribution is -2.39. The molecular formula is C13H21BrN4O2. The Morgan fingerprint density at radius 1 is 1.55 bits per heavy atom. The van der Waals surface area contributed by atoms with Crippen LogP contribution in [-0.2, 0) is 11.3 Å². The van der Waals surface area contributed by atoms with E-state index in [0.717, 1.165) is 6.42 Å². The molecule has 1 atom stereocenters. The molecular weight excluding hydrogens is 324 g/mol. The molecule has 1 aromatic heterocycles. The zero-order valence-electron chi connectivity index (χ0n) is 12.3. The van der Waals surface area contributed by atoms with Gasteiger partial charge < -0.3 is 10.2 Å². The van der Waals surface area contributed by atoms with Gasteiger partial charge in [0.2, 0.25) is 5.91 Å². The molecule has 1 aromatic rings. The highest BCUT2D eigenvalue weighted by molar-refractivity contribution is 9.10. The highest BCUT2D eigenvalue weighted by Gasteiger charge is 2.18. The average molecular weight is 345 g/mol. The molecule has 112 valence electrons. The monoisotopic (exact) mass is 344 g/mol. The van der Waals surface area contributed by atoms with Crippen molar-refractivity contribution >= 4 is 27.5 Å². The molecule has 1 amide bonds. The largest absolute Gasteiger partial charge is 0.372 e. The van der Waals surface area contributed by atoms with Crippen LogP contribution in [0.25, 0.3) is 0 Å². The molecule has 1 rings (SSSR count). The number of carbonyl (C=O) groups excluding carboxylic acids is 1. The number of halogens is 1. The standard InChI is InChI=1S/C13H21BrN4O2/c1-5-7-18-13(20)11(14)10(8-15-18)16-9(3)12(19)17(4)6-2/h8-9,16H,5-7H2,1-4H3. The number of aromatic nitrogens is 2. The van der Waals surface area contributed by atoms with E-state index < -0.39 is 6.04 Å². The van der Waals surface area contributed by atoms with E-state index in [1.807, 2.05) is 13.8 Å². The van der Waals surface area contributed by atoms with E-state index in [0.29, 0.717) is 23.2 Å². The van der Waals surface area contributed by atoms with E-state index in [9.17, 15) is 9.59 Å². The molecule has 0 spiro atoms. The van der Waals surface area contributed by atoms with Crippen LogP contribution in [0.1, 0.15) is 27.2 Å². The average Bonchev–Trinajstić information content (AvgIpc) is 2.45. The summed E-state index contributed by atoms with van der Waals surface area (Å²) in [4.78, 5) is 25.6. The molecule has 0 bridgehead atoms. The Morgan fingerprint density at radius 3 is 2.75 bits per heavy atom. The predicted octanol–water partition coefficient (Wildman–Crippen LogP) is 1.69. The first-order valence-electron chi connectivity index (χ1n) is 6.69. The zero-order chi connectivity index (χ0) is 15.3. The minimum atomic E-state index is -0.417. The fourth-order valence-electron chi connectivity index (χ4n) is 1.72. The van der Waals surface area contributed by atoms with Gasteiger partial charge in [0.15, 0.2) is 0 Å². The van der Waals surface area contributed by atoms with E-state index in [4.69, 9.17) is 0 Å². The molecule has 0 aliphatic heterocycles. The summed E-state index contributed by atoms with van der Waals surface area (Å²) in [6.45, 7) is 6.87. The van der Waals surface area contributed by atoms with Crippen LogP contribution in [0.4, 0.5) is 5.69 Å². The van der Waals surface area contributed by atoms with Crippen LogP contribution >= 0.6 is 15.9 Å². The van der Waals surface area contributed by atoms with Crippen LogP contribution in [0.5, 0.6) is 0 Å². The van der Waals surface area contributed by atoms with E-state index in [-0.39, 0.29) is 11.5 Å². The van der Waals surface area contributed by atoms with Crippen LogP contribution < -0.4 is 10.9 Å². The zero-order valence-corrected chi connectivity index (χ0v) is 13.9. The van der Waals surface area contributed by atoms with Crippen molar-refractivity contribution in [2.45, 2.75) is 39.8 Å². The Bertz CT molecular complexity index is 530. The number of hydrogen-bond acceptors (Lipinski definition) is 4. The van der Waals surface area contributed by atoms with Crippen molar-refractivity contribution in [1.82, 2.24) is 14.7 Å². The highest BCUT2D eigenvalue weighted by Crippen LogP contribution is 2.17. The maximum Gasteiger partial charge on any atom is 0.283 e. The lowest BCUT2D eigenvalue weighted by atomic mass is 10.2. The summed E-state index contributed by atoms with van der Waals surface area (Å²) in [5, 5.41) is 7.11. The summed E-state index contributed by atoms with van der Waals surface area (Å²) in [6.07, 6.45) is 2.40. The number of likely N-dealkylation sites (N-methyl/N-ethyl adjacent to an activating group) is 1. The third kappa shape index (κ3) is 3.82. The lowest BCUT2D eigenvalue weighted by Gasteiger charge is -2.21. The van der Waals surface area contributed by atoms with Crippen molar-refractivity contribution in [3.05, 3.63) is 21.0 Å². The highest BCUT2D eigenvalue weighted by atomic mass is 79.9. The number of rotatable bonds is 6.